The average molecular weight is 310 g/mol. The third-order valence-corrected chi connectivity index (χ3v) is 3.95. The predicted octanol–water partition coefficient (Wildman–Crippen LogP) is 0.864. The smallest absolute Gasteiger partial charge is 0.234 e. The van der Waals surface area contributed by atoms with Crippen molar-refractivity contribution in [3.63, 3.8) is 0 Å². The van der Waals surface area contributed by atoms with E-state index in [-0.39, 0.29) is 13.0 Å². The second-order valence-corrected chi connectivity index (χ2v) is 5.50. The van der Waals surface area contributed by atoms with E-state index in [2.05, 4.69) is 0 Å². The van der Waals surface area contributed by atoms with Gasteiger partial charge in [0.15, 0.2) is 11.5 Å². The second kappa shape index (κ2) is 6.00. The summed E-state index contributed by atoms with van der Waals surface area (Å²) in [5.74, 6) is 1.25. The topological polar surface area (TPSA) is 74.0 Å². The van der Waals surface area contributed by atoms with Crippen molar-refractivity contribution in [2.75, 3.05) is 26.9 Å². The van der Waals surface area contributed by atoms with Crippen molar-refractivity contribution in [1.82, 2.24) is 4.90 Å². The van der Waals surface area contributed by atoms with Gasteiger partial charge in [-0.25, -0.2) is 4.39 Å². The number of likely N-dealkylation sites (tertiary alicyclic amines) is 1. The number of benzene rings is 1. The van der Waals surface area contributed by atoms with E-state index in [1.54, 1.807) is 12.0 Å². The van der Waals surface area contributed by atoms with Crippen molar-refractivity contribution in [2.24, 2.45) is 5.73 Å². The molecule has 2 N–H and O–H groups in total. The van der Waals surface area contributed by atoms with E-state index in [0.717, 1.165) is 5.56 Å². The fraction of sp³-hybridized carbons (Fsp3) is 0.533. The van der Waals surface area contributed by atoms with Crippen LogP contribution in [0.25, 0.3) is 0 Å². The molecule has 120 valence electrons. The van der Waals surface area contributed by atoms with Crippen molar-refractivity contribution in [3.05, 3.63) is 17.7 Å². The van der Waals surface area contributed by atoms with Gasteiger partial charge in [-0.3, -0.25) is 9.69 Å². The van der Waals surface area contributed by atoms with E-state index in [0.29, 0.717) is 37.0 Å². The minimum Gasteiger partial charge on any atom is -0.493 e. The molecule has 22 heavy (non-hydrogen) atoms. The molecule has 2 heterocycles. The van der Waals surface area contributed by atoms with Crippen molar-refractivity contribution >= 4 is 5.91 Å². The molecule has 1 saturated heterocycles. The Balaban J connectivity index is 1.84. The third kappa shape index (κ3) is 2.81. The number of carbonyl (C=O) groups is 1. The van der Waals surface area contributed by atoms with Crippen LogP contribution < -0.4 is 19.9 Å². The normalized spacial score (nSPS) is 24.3. The quantitative estimate of drug-likeness (QED) is 0.893. The molecule has 7 heteroatoms. The van der Waals surface area contributed by atoms with E-state index in [1.807, 2.05) is 12.1 Å². The molecule has 0 aliphatic carbocycles. The van der Waals surface area contributed by atoms with Crippen LogP contribution in [0.4, 0.5) is 4.39 Å². The van der Waals surface area contributed by atoms with Crippen molar-refractivity contribution in [1.29, 1.82) is 0 Å². The highest BCUT2D eigenvalue weighted by molar-refractivity contribution is 5.80. The number of fused-ring (bicyclic) bond motifs is 1. The van der Waals surface area contributed by atoms with Gasteiger partial charge in [-0.2, -0.15) is 0 Å². The Morgan fingerprint density at radius 2 is 2.23 bits per heavy atom. The van der Waals surface area contributed by atoms with E-state index in [9.17, 15) is 9.18 Å². The summed E-state index contributed by atoms with van der Waals surface area (Å²) in [6, 6.07) is 3.08. The highest BCUT2D eigenvalue weighted by atomic mass is 19.1. The summed E-state index contributed by atoms with van der Waals surface area (Å²) in [6.45, 7) is 1.55. The minimum absolute atomic E-state index is 0.150. The lowest BCUT2D eigenvalue weighted by Crippen LogP contribution is -2.39. The van der Waals surface area contributed by atoms with E-state index in [1.165, 1.54) is 0 Å². The summed E-state index contributed by atoms with van der Waals surface area (Å²) in [5.41, 5.74) is 6.22. The first-order valence-corrected chi connectivity index (χ1v) is 7.22. The summed E-state index contributed by atoms with van der Waals surface area (Å²) in [7, 11) is 1.55. The lowest BCUT2D eigenvalue weighted by atomic mass is 10.1. The van der Waals surface area contributed by atoms with E-state index >= 15 is 0 Å². The monoisotopic (exact) mass is 310 g/mol. The number of amides is 1. The van der Waals surface area contributed by atoms with Crippen LogP contribution >= 0.6 is 0 Å². The van der Waals surface area contributed by atoms with Crippen LogP contribution in [0.5, 0.6) is 17.2 Å². The lowest BCUT2D eigenvalue weighted by molar-refractivity contribution is -0.122. The number of hydrogen-bond acceptors (Lipinski definition) is 5. The van der Waals surface area contributed by atoms with Crippen LogP contribution in [0.3, 0.4) is 0 Å². The lowest BCUT2D eigenvalue weighted by Gasteiger charge is -2.24. The molecule has 6 nitrogen and oxygen atoms in total. The number of hydrogen-bond donors (Lipinski definition) is 1. The summed E-state index contributed by atoms with van der Waals surface area (Å²) >= 11 is 0. The highest BCUT2D eigenvalue weighted by Gasteiger charge is 2.35. The Kier molecular flexibility index (Phi) is 4.06. The number of ether oxygens (including phenoxy) is 3. The zero-order chi connectivity index (χ0) is 15.7. The highest BCUT2D eigenvalue weighted by Crippen LogP contribution is 2.41. The maximum absolute atomic E-state index is 13.6. The zero-order valence-electron chi connectivity index (χ0n) is 12.4. The molecule has 1 aromatic rings. The fourth-order valence-corrected chi connectivity index (χ4v) is 2.97. The molecule has 0 spiro atoms. The van der Waals surface area contributed by atoms with Crippen LogP contribution in [0.1, 0.15) is 12.0 Å². The Bertz CT molecular complexity index is 564. The zero-order valence-corrected chi connectivity index (χ0v) is 12.4. The van der Waals surface area contributed by atoms with Crippen LogP contribution in [0.2, 0.25) is 0 Å². The Morgan fingerprint density at radius 1 is 1.45 bits per heavy atom. The van der Waals surface area contributed by atoms with Crippen molar-refractivity contribution in [3.8, 4) is 17.2 Å². The SMILES string of the molecule is COc1cc(CN2C[C@@H](F)C[C@@H]2C(N)=O)cc2c1OCCO2. The Hall–Kier alpha value is -2.02. The van der Waals surface area contributed by atoms with E-state index in [4.69, 9.17) is 19.9 Å². The largest absolute Gasteiger partial charge is 0.493 e. The summed E-state index contributed by atoms with van der Waals surface area (Å²) in [5, 5.41) is 0. The first kappa shape index (κ1) is 14.9. The van der Waals surface area contributed by atoms with Gasteiger partial charge in [0.2, 0.25) is 11.7 Å². The second-order valence-electron chi connectivity index (χ2n) is 5.50. The average Bonchev–Trinajstić information content (AvgIpc) is 2.87. The Morgan fingerprint density at radius 3 is 2.95 bits per heavy atom. The van der Waals surface area contributed by atoms with Gasteiger partial charge in [0, 0.05) is 19.5 Å². The number of rotatable bonds is 4. The van der Waals surface area contributed by atoms with Gasteiger partial charge in [0.25, 0.3) is 0 Å². The van der Waals surface area contributed by atoms with Crippen LogP contribution in [0, 0.1) is 0 Å². The van der Waals surface area contributed by atoms with Crippen molar-refractivity contribution < 1.29 is 23.4 Å². The number of nitrogens with two attached hydrogens (primary N) is 1. The molecule has 0 bridgehead atoms. The molecule has 1 aromatic carbocycles. The molecule has 0 saturated carbocycles. The molecule has 1 amide bonds. The molecule has 0 unspecified atom stereocenters. The van der Waals surface area contributed by atoms with Gasteiger partial charge in [-0.1, -0.05) is 0 Å². The molecular weight excluding hydrogens is 291 g/mol. The number of halogens is 1. The maximum Gasteiger partial charge on any atom is 0.234 e. The minimum atomic E-state index is -1.03. The van der Waals surface area contributed by atoms with Crippen molar-refractivity contribution in [2.45, 2.75) is 25.2 Å². The Labute approximate surface area is 127 Å². The summed E-state index contributed by atoms with van der Waals surface area (Å²) in [4.78, 5) is 13.2. The number of carbonyl (C=O) groups excluding carboxylic acids is 1. The third-order valence-electron chi connectivity index (χ3n) is 3.95. The van der Waals surface area contributed by atoms with Gasteiger partial charge in [0.1, 0.15) is 19.4 Å². The molecular formula is C15H19FN2O4. The summed E-state index contributed by atoms with van der Waals surface area (Å²) < 4.78 is 30.0. The van der Waals surface area contributed by atoms with Crippen LogP contribution in [0.15, 0.2) is 12.1 Å². The van der Waals surface area contributed by atoms with Gasteiger partial charge in [-0.15, -0.1) is 0 Å². The van der Waals surface area contributed by atoms with Gasteiger partial charge < -0.3 is 19.9 Å². The molecule has 3 rings (SSSR count). The standard InChI is InChI=1S/C15H19FN2O4/c1-20-12-4-9(5-13-14(12)22-3-2-21-13)7-18-8-10(16)6-11(18)15(17)19/h4-5,10-11H,2-3,6-8H2,1H3,(H2,17,19)/t10-,11+/m0/s1. The molecule has 2 atom stereocenters. The van der Waals surface area contributed by atoms with E-state index < -0.39 is 18.1 Å². The molecule has 0 aromatic heterocycles. The summed E-state index contributed by atoms with van der Waals surface area (Å²) in [6.07, 6.45) is -0.881. The van der Waals surface area contributed by atoms with Gasteiger partial charge in [0.05, 0.1) is 13.2 Å². The first-order chi connectivity index (χ1) is 10.6. The molecule has 2 aliphatic rings. The number of methoxy groups -OCH3 is 1. The van der Waals surface area contributed by atoms with Crippen LogP contribution in [-0.2, 0) is 11.3 Å². The number of nitrogens with zero attached hydrogens (tertiary/aromatic N) is 1. The first-order valence-electron chi connectivity index (χ1n) is 7.22. The maximum atomic E-state index is 13.6. The molecule has 2 aliphatic heterocycles. The molecule has 0 radical (unpaired) electrons. The van der Waals surface area contributed by atoms with Gasteiger partial charge >= 0.3 is 0 Å². The van der Waals surface area contributed by atoms with Gasteiger partial charge in [-0.05, 0) is 17.7 Å². The number of primary amides is 1. The fourth-order valence-electron chi connectivity index (χ4n) is 2.97. The van der Waals surface area contributed by atoms with Crippen LogP contribution in [-0.4, -0.2) is 49.9 Å². The predicted molar refractivity (Wildman–Crippen MR) is 76.9 cm³/mol. The number of alkyl halides is 1. The molecule has 1 fully saturated rings.